The van der Waals surface area contributed by atoms with E-state index in [4.69, 9.17) is 5.73 Å². The van der Waals surface area contributed by atoms with E-state index in [0.717, 1.165) is 23.0 Å². The van der Waals surface area contributed by atoms with Gasteiger partial charge >= 0.3 is 0 Å². The lowest BCUT2D eigenvalue weighted by Crippen LogP contribution is -2.11. The van der Waals surface area contributed by atoms with Crippen molar-refractivity contribution in [2.45, 2.75) is 19.3 Å². The van der Waals surface area contributed by atoms with Crippen molar-refractivity contribution in [3.63, 3.8) is 0 Å². The van der Waals surface area contributed by atoms with Crippen LogP contribution in [0.3, 0.4) is 0 Å². The standard InChI is InChI=1S/C14H15BrN2OS/c15-12-9-10(16)6-7-13(12)17-14(18)5-1-3-11-4-2-8-19-11/h2,4,6-9H,1,3,5,16H2,(H,17,18). The molecule has 1 amide bonds. The maximum Gasteiger partial charge on any atom is 0.224 e. The van der Waals surface area contributed by atoms with Gasteiger partial charge in [0.15, 0.2) is 0 Å². The zero-order valence-corrected chi connectivity index (χ0v) is 12.8. The largest absolute Gasteiger partial charge is 0.399 e. The Labute approximate surface area is 125 Å². The third-order valence-corrected chi connectivity index (χ3v) is 4.27. The number of carbonyl (C=O) groups excluding carboxylic acids is 1. The molecular weight excluding hydrogens is 324 g/mol. The van der Waals surface area contributed by atoms with Gasteiger partial charge in [0.1, 0.15) is 0 Å². The van der Waals surface area contributed by atoms with E-state index in [-0.39, 0.29) is 5.91 Å². The number of carbonyl (C=O) groups is 1. The molecule has 3 N–H and O–H groups in total. The van der Waals surface area contributed by atoms with Gasteiger partial charge in [-0.1, -0.05) is 6.07 Å². The Morgan fingerprint density at radius 3 is 2.89 bits per heavy atom. The summed E-state index contributed by atoms with van der Waals surface area (Å²) in [6.45, 7) is 0. The number of nitrogen functional groups attached to an aromatic ring is 1. The third kappa shape index (κ3) is 4.36. The Morgan fingerprint density at radius 2 is 2.21 bits per heavy atom. The summed E-state index contributed by atoms with van der Waals surface area (Å²) in [4.78, 5) is 13.1. The molecule has 100 valence electrons. The molecule has 0 unspecified atom stereocenters. The van der Waals surface area contributed by atoms with Crippen molar-refractivity contribution < 1.29 is 4.79 Å². The van der Waals surface area contributed by atoms with Crippen molar-refractivity contribution in [2.24, 2.45) is 0 Å². The van der Waals surface area contributed by atoms with Crippen LogP contribution in [0.25, 0.3) is 0 Å². The predicted octanol–water partition coefficient (Wildman–Crippen LogP) is 4.05. The van der Waals surface area contributed by atoms with Gasteiger partial charge in [0.25, 0.3) is 0 Å². The van der Waals surface area contributed by atoms with Crippen LogP contribution in [0.1, 0.15) is 17.7 Å². The molecule has 0 aliphatic heterocycles. The molecule has 0 saturated carbocycles. The van der Waals surface area contributed by atoms with E-state index in [2.05, 4.69) is 32.7 Å². The Morgan fingerprint density at radius 1 is 1.37 bits per heavy atom. The van der Waals surface area contributed by atoms with Gasteiger partial charge in [-0.2, -0.15) is 0 Å². The van der Waals surface area contributed by atoms with Crippen molar-refractivity contribution in [1.82, 2.24) is 0 Å². The fraction of sp³-hybridized carbons (Fsp3) is 0.214. The van der Waals surface area contributed by atoms with E-state index in [0.29, 0.717) is 12.1 Å². The number of halogens is 1. The molecule has 2 aromatic rings. The molecule has 0 aliphatic rings. The average Bonchev–Trinajstić information content (AvgIpc) is 2.86. The van der Waals surface area contributed by atoms with Crippen LogP contribution in [0.15, 0.2) is 40.2 Å². The van der Waals surface area contributed by atoms with Gasteiger partial charge in [0.2, 0.25) is 5.91 Å². The first-order chi connectivity index (χ1) is 9.15. The van der Waals surface area contributed by atoms with Gasteiger partial charge in [-0.3, -0.25) is 4.79 Å². The molecule has 0 saturated heterocycles. The van der Waals surface area contributed by atoms with Crippen LogP contribution in [0.4, 0.5) is 11.4 Å². The average molecular weight is 339 g/mol. The van der Waals surface area contributed by atoms with Gasteiger partial charge in [0, 0.05) is 21.5 Å². The summed E-state index contributed by atoms with van der Waals surface area (Å²) in [7, 11) is 0. The van der Waals surface area contributed by atoms with E-state index < -0.39 is 0 Å². The minimum Gasteiger partial charge on any atom is -0.399 e. The number of nitrogens with one attached hydrogen (secondary N) is 1. The maximum atomic E-state index is 11.8. The second kappa shape index (κ2) is 6.73. The van der Waals surface area contributed by atoms with Crippen LogP contribution in [0.2, 0.25) is 0 Å². The Hall–Kier alpha value is -1.33. The normalized spacial score (nSPS) is 10.4. The SMILES string of the molecule is Nc1ccc(NC(=O)CCCc2cccs2)c(Br)c1. The van der Waals surface area contributed by atoms with E-state index >= 15 is 0 Å². The lowest BCUT2D eigenvalue weighted by atomic mass is 10.2. The minimum absolute atomic E-state index is 0.0297. The molecule has 0 radical (unpaired) electrons. The summed E-state index contributed by atoms with van der Waals surface area (Å²) in [6.07, 6.45) is 2.33. The van der Waals surface area contributed by atoms with Crippen molar-refractivity contribution in [1.29, 1.82) is 0 Å². The number of thiophene rings is 1. The van der Waals surface area contributed by atoms with Crippen LogP contribution >= 0.6 is 27.3 Å². The van der Waals surface area contributed by atoms with Crippen molar-refractivity contribution >= 4 is 44.5 Å². The number of amides is 1. The molecule has 1 heterocycles. The zero-order chi connectivity index (χ0) is 13.7. The van der Waals surface area contributed by atoms with E-state index in [9.17, 15) is 4.79 Å². The summed E-state index contributed by atoms with van der Waals surface area (Å²) < 4.78 is 0.805. The topological polar surface area (TPSA) is 55.1 Å². The van der Waals surface area contributed by atoms with E-state index in [1.807, 2.05) is 6.07 Å². The number of benzene rings is 1. The summed E-state index contributed by atoms with van der Waals surface area (Å²) in [5.41, 5.74) is 7.08. The van der Waals surface area contributed by atoms with Crippen LogP contribution in [-0.2, 0) is 11.2 Å². The Balaban J connectivity index is 1.80. The van der Waals surface area contributed by atoms with Crippen molar-refractivity contribution in [3.05, 3.63) is 45.1 Å². The molecular formula is C14H15BrN2OS. The molecule has 1 aromatic heterocycles. The molecule has 0 fully saturated rings. The lowest BCUT2D eigenvalue weighted by molar-refractivity contribution is -0.116. The highest BCUT2D eigenvalue weighted by molar-refractivity contribution is 9.10. The first-order valence-corrected chi connectivity index (χ1v) is 7.69. The predicted molar refractivity (Wildman–Crippen MR) is 84.4 cm³/mol. The second-order valence-corrected chi connectivity index (χ2v) is 6.11. The Bertz CT molecular complexity index is 555. The summed E-state index contributed by atoms with van der Waals surface area (Å²) in [5, 5.41) is 4.94. The van der Waals surface area contributed by atoms with Crippen LogP contribution in [0, 0.1) is 0 Å². The fourth-order valence-electron chi connectivity index (χ4n) is 1.72. The number of hydrogen-bond acceptors (Lipinski definition) is 3. The molecule has 0 bridgehead atoms. The zero-order valence-electron chi connectivity index (χ0n) is 10.4. The first kappa shape index (κ1) is 14.1. The summed E-state index contributed by atoms with van der Waals surface area (Å²) in [5.74, 6) is 0.0297. The molecule has 1 aromatic carbocycles. The lowest BCUT2D eigenvalue weighted by Gasteiger charge is -2.07. The number of nitrogens with two attached hydrogens (primary N) is 1. The molecule has 0 aliphatic carbocycles. The molecule has 0 atom stereocenters. The number of aryl methyl sites for hydroxylation is 1. The second-order valence-electron chi connectivity index (χ2n) is 4.22. The summed E-state index contributed by atoms with van der Waals surface area (Å²) >= 11 is 5.11. The van der Waals surface area contributed by atoms with Gasteiger partial charge < -0.3 is 11.1 Å². The third-order valence-electron chi connectivity index (χ3n) is 2.67. The highest BCUT2D eigenvalue weighted by Crippen LogP contribution is 2.24. The van der Waals surface area contributed by atoms with Crippen molar-refractivity contribution in [3.8, 4) is 0 Å². The monoisotopic (exact) mass is 338 g/mol. The van der Waals surface area contributed by atoms with Crippen LogP contribution in [-0.4, -0.2) is 5.91 Å². The molecule has 0 spiro atoms. The van der Waals surface area contributed by atoms with Gasteiger partial charge in [-0.15, -0.1) is 11.3 Å². The number of rotatable bonds is 5. The highest BCUT2D eigenvalue weighted by atomic mass is 79.9. The minimum atomic E-state index is 0.0297. The Kier molecular flexibility index (Phi) is 4.99. The number of hydrogen-bond donors (Lipinski definition) is 2. The van der Waals surface area contributed by atoms with Gasteiger partial charge in [-0.25, -0.2) is 0 Å². The summed E-state index contributed by atoms with van der Waals surface area (Å²) in [6, 6.07) is 9.48. The quantitative estimate of drug-likeness (QED) is 0.808. The first-order valence-electron chi connectivity index (χ1n) is 6.02. The van der Waals surface area contributed by atoms with Gasteiger partial charge in [-0.05, 0) is 58.4 Å². The molecule has 5 heteroatoms. The molecule has 2 rings (SSSR count). The fourth-order valence-corrected chi connectivity index (χ4v) is 2.97. The maximum absolute atomic E-state index is 11.8. The van der Waals surface area contributed by atoms with E-state index in [1.54, 1.807) is 29.5 Å². The highest BCUT2D eigenvalue weighted by Gasteiger charge is 2.06. The van der Waals surface area contributed by atoms with Crippen LogP contribution < -0.4 is 11.1 Å². The van der Waals surface area contributed by atoms with E-state index in [1.165, 1.54) is 4.88 Å². The van der Waals surface area contributed by atoms with Crippen molar-refractivity contribution in [2.75, 3.05) is 11.1 Å². The number of anilines is 2. The van der Waals surface area contributed by atoms with Gasteiger partial charge in [0.05, 0.1) is 5.69 Å². The van der Waals surface area contributed by atoms with Crippen LogP contribution in [0.5, 0.6) is 0 Å². The molecule has 19 heavy (non-hydrogen) atoms. The molecule has 3 nitrogen and oxygen atoms in total. The smallest absolute Gasteiger partial charge is 0.224 e.